The summed E-state index contributed by atoms with van der Waals surface area (Å²) in [6.07, 6.45) is 4.22. The molecule has 2 saturated carbocycles. The summed E-state index contributed by atoms with van der Waals surface area (Å²) in [5.74, 6) is 0.275. The third-order valence-corrected chi connectivity index (χ3v) is 5.79. The van der Waals surface area contributed by atoms with Gasteiger partial charge in [0, 0.05) is 11.7 Å². The van der Waals surface area contributed by atoms with Gasteiger partial charge in [0.2, 0.25) is 10.0 Å². The first-order valence-corrected chi connectivity index (χ1v) is 8.01. The zero-order valence-corrected chi connectivity index (χ0v) is 11.3. The molecule has 2 bridgehead atoms. The molecule has 2 aliphatic carbocycles. The standard InChI is InChI=1S/C13H17FN2O2S/c14-11-4-3-10(15)7-13(11)19(17,18)16-12-6-8-1-2-9(12)5-8/h3-4,7-9,12,16H,1-2,5-6,15H2. The molecule has 104 valence electrons. The van der Waals surface area contributed by atoms with Crippen molar-refractivity contribution < 1.29 is 12.8 Å². The van der Waals surface area contributed by atoms with Gasteiger partial charge in [-0.1, -0.05) is 6.42 Å². The van der Waals surface area contributed by atoms with Gasteiger partial charge >= 0.3 is 0 Å². The predicted octanol–water partition coefficient (Wildman–Crippen LogP) is 1.87. The smallest absolute Gasteiger partial charge is 0.243 e. The minimum absolute atomic E-state index is 0.0513. The Bertz CT molecular complexity index is 603. The number of hydrogen-bond donors (Lipinski definition) is 2. The van der Waals surface area contributed by atoms with E-state index in [0.717, 1.165) is 25.3 Å². The Balaban J connectivity index is 1.85. The lowest BCUT2D eigenvalue weighted by molar-refractivity contribution is 0.389. The zero-order valence-electron chi connectivity index (χ0n) is 10.5. The molecule has 6 heteroatoms. The lowest BCUT2D eigenvalue weighted by Gasteiger charge is -2.22. The van der Waals surface area contributed by atoms with Crippen LogP contribution in [0.3, 0.4) is 0 Å². The average Bonchev–Trinajstić information content (AvgIpc) is 2.93. The fourth-order valence-corrected chi connectivity index (χ4v) is 4.81. The maximum absolute atomic E-state index is 13.7. The molecule has 2 aliphatic rings. The van der Waals surface area contributed by atoms with E-state index in [1.54, 1.807) is 0 Å². The number of fused-ring (bicyclic) bond motifs is 2. The van der Waals surface area contributed by atoms with Gasteiger partial charge in [-0.2, -0.15) is 0 Å². The van der Waals surface area contributed by atoms with Gasteiger partial charge in [0.05, 0.1) is 0 Å². The van der Waals surface area contributed by atoms with Crippen LogP contribution >= 0.6 is 0 Å². The quantitative estimate of drug-likeness (QED) is 0.832. The molecule has 19 heavy (non-hydrogen) atoms. The van der Waals surface area contributed by atoms with Gasteiger partial charge < -0.3 is 5.73 Å². The molecule has 0 saturated heterocycles. The number of nitrogens with two attached hydrogens (primary N) is 1. The molecule has 1 aromatic carbocycles. The number of nitrogen functional groups attached to an aromatic ring is 1. The van der Waals surface area contributed by atoms with E-state index in [-0.39, 0.29) is 16.6 Å². The Labute approximate surface area is 112 Å². The van der Waals surface area contributed by atoms with Gasteiger partial charge in [-0.3, -0.25) is 0 Å². The molecule has 1 aromatic rings. The van der Waals surface area contributed by atoms with E-state index in [0.29, 0.717) is 11.8 Å². The Morgan fingerprint density at radius 3 is 2.68 bits per heavy atom. The molecule has 3 rings (SSSR count). The van der Waals surface area contributed by atoms with Gasteiger partial charge in [-0.05, 0) is 49.3 Å². The fraction of sp³-hybridized carbons (Fsp3) is 0.538. The molecule has 0 radical (unpaired) electrons. The van der Waals surface area contributed by atoms with Crippen LogP contribution in [-0.4, -0.2) is 14.5 Å². The molecular weight excluding hydrogens is 267 g/mol. The number of halogens is 1. The van der Waals surface area contributed by atoms with Crippen molar-refractivity contribution in [2.24, 2.45) is 11.8 Å². The second-order valence-corrected chi connectivity index (χ2v) is 7.27. The number of sulfonamides is 1. The Kier molecular flexibility index (Phi) is 3.02. The second kappa shape index (κ2) is 4.45. The molecule has 0 spiro atoms. The van der Waals surface area contributed by atoms with Crippen molar-refractivity contribution in [3.05, 3.63) is 24.0 Å². The first-order chi connectivity index (χ1) is 8.95. The predicted molar refractivity (Wildman–Crippen MR) is 70.4 cm³/mol. The van der Waals surface area contributed by atoms with Crippen molar-refractivity contribution in [3.8, 4) is 0 Å². The molecule has 4 nitrogen and oxygen atoms in total. The van der Waals surface area contributed by atoms with E-state index in [2.05, 4.69) is 4.72 Å². The second-order valence-electron chi connectivity index (χ2n) is 5.59. The third kappa shape index (κ3) is 2.34. The minimum atomic E-state index is -3.82. The number of benzene rings is 1. The first kappa shape index (κ1) is 12.9. The minimum Gasteiger partial charge on any atom is -0.399 e. The van der Waals surface area contributed by atoms with Crippen molar-refractivity contribution in [2.45, 2.75) is 36.6 Å². The molecular formula is C13H17FN2O2S. The lowest BCUT2D eigenvalue weighted by atomic mass is 9.96. The summed E-state index contributed by atoms with van der Waals surface area (Å²) in [5, 5.41) is 0. The normalized spacial score (nSPS) is 29.8. The van der Waals surface area contributed by atoms with Gasteiger partial charge in [-0.25, -0.2) is 17.5 Å². The third-order valence-electron chi connectivity index (χ3n) is 4.29. The summed E-state index contributed by atoms with van der Waals surface area (Å²) in [5.41, 5.74) is 5.78. The number of nitrogens with one attached hydrogen (secondary N) is 1. The summed E-state index contributed by atoms with van der Waals surface area (Å²) in [7, 11) is -3.82. The van der Waals surface area contributed by atoms with E-state index in [9.17, 15) is 12.8 Å². The zero-order chi connectivity index (χ0) is 13.6. The lowest BCUT2D eigenvalue weighted by Crippen LogP contribution is -2.38. The summed E-state index contributed by atoms with van der Waals surface area (Å²) in [4.78, 5) is -0.352. The summed E-state index contributed by atoms with van der Waals surface area (Å²) in [6.45, 7) is 0. The van der Waals surface area contributed by atoms with E-state index in [1.807, 2.05) is 0 Å². The van der Waals surface area contributed by atoms with Crippen molar-refractivity contribution in [2.75, 3.05) is 5.73 Å². The van der Waals surface area contributed by atoms with Crippen LogP contribution in [-0.2, 0) is 10.0 Å². The van der Waals surface area contributed by atoms with Crippen LogP contribution in [0.5, 0.6) is 0 Å². The maximum atomic E-state index is 13.7. The highest BCUT2D eigenvalue weighted by molar-refractivity contribution is 7.89. The van der Waals surface area contributed by atoms with Gasteiger partial charge in [0.25, 0.3) is 0 Å². The average molecular weight is 284 g/mol. The van der Waals surface area contributed by atoms with Crippen LogP contribution in [0.1, 0.15) is 25.7 Å². The van der Waals surface area contributed by atoms with Crippen LogP contribution < -0.4 is 10.5 Å². The molecule has 0 amide bonds. The number of anilines is 1. The van der Waals surface area contributed by atoms with E-state index >= 15 is 0 Å². The van der Waals surface area contributed by atoms with Crippen LogP contribution in [0.2, 0.25) is 0 Å². The highest BCUT2D eigenvalue weighted by atomic mass is 32.2. The Morgan fingerprint density at radius 1 is 1.26 bits per heavy atom. The summed E-state index contributed by atoms with van der Waals surface area (Å²) in [6, 6.07) is 3.56. The van der Waals surface area contributed by atoms with Gasteiger partial charge in [0.1, 0.15) is 10.7 Å². The van der Waals surface area contributed by atoms with Crippen molar-refractivity contribution >= 4 is 15.7 Å². The monoisotopic (exact) mass is 284 g/mol. The van der Waals surface area contributed by atoms with E-state index in [4.69, 9.17) is 5.73 Å². The molecule has 3 atom stereocenters. The highest BCUT2D eigenvalue weighted by Gasteiger charge is 2.41. The van der Waals surface area contributed by atoms with Crippen molar-refractivity contribution in [1.29, 1.82) is 0 Å². The maximum Gasteiger partial charge on any atom is 0.243 e. The molecule has 0 aromatic heterocycles. The summed E-state index contributed by atoms with van der Waals surface area (Å²) < 4.78 is 40.8. The highest BCUT2D eigenvalue weighted by Crippen LogP contribution is 2.44. The van der Waals surface area contributed by atoms with Crippen LogP contribution in [0, 0.1) is 17.7 Å². The largest absolute Gasteiger partial charge is 0.399 e. The topological polar surface area (TPSA) is 72.2 Å². The van der Waals surface area contributed by atoms with Crippen molar-refractivity contribution in [3.63, 3.8) is 0 Å². The molecule has 3 unspecified atom stereocenters. The number of hydrogen-bond acceptors (Lipinski definition) is 3. The first-order valence-electron chi connectivity index (χ1n) is 6.53. The van der Waals surface area contributed by atoms with Crippen molar-refractivity contribution in [1.82, 2.24) is 4.72 Å². The fourth-order valence-electron chi connectivity index (χ4n) is 3.38. The SMILES string of the molecule is Nc1ccc(F)c(S(=O)(=O)NC2CC3CCC2C3)c1. The van der Waals surface area contributed by atoms with E-state index < -0.39 is 15.8 Å². The Morgan fingerprint density at radius 2 is 2.05 bits per heavy atom. The molecule has 2 fully saturated rings. The van der Waals surface area contributed by atoms with Crippen LogP contribution in [0.25, 0.3) is 0 Å². The van der Waals surface area contributed by atoms with E-state index in [1.165, 1.54) is 18.6 Å². The molecule has 0 aliphatic heterocycles. The Hall–Kier alpha value is -1.14. The van der Waals surface area contributed by atoms with Crippen LogP contribution in [0.4, 0.5) is 10.1 Å². The molecule has 3 N–H and O–H groups in total. The summed E-state index contributed by atoms with van der Waals surface area (Å²) >= 11 is 0. The molecule has 0 heterocycles. The van der Waals surface area contributed by atoms with Gasteiger partial charge in [-0.15, -0.1) is 0 Å². The van der Waals surface area contributed by atoms with Crippen LogP contribution in [0.15, 0.2) is 23.1 Å². The van der Waals surface area contributed by atoms with Gasteiger partial charge in [0.15, 0.2) is 0 Å². The number of rotatable bonds is 3.